The average Bonchev–Trinajstić information content (AvgIpc) is 2.51. The maximum atomic E-state index is 12.0. The second-order valence-electron chi connectivity index (χ2n) is 5.05. The molecule has 0 saturated heterocycles. The van der Waals surface area contributed by atoms with Gasteiger partial charge in [0.25, 0.3) is 5.91 Å². The Bertz CT molecular complexity index is 501. The van der Waals surface area contributed by atoms with E-state index in [-0.39, 0.29) is 5.91 Å². The van der Waals surface area contributed by atoms with Crippen molar-refractivity contribution in [2.45, 2.75) is 26.8 Å². The lowest BCUT2D eigenvalue weighted by molar-refractivity contribution is 0.0954. The van der Waals surface area contributed by atoms with Gasteiger partial charge in [0.15, 0.2) is 5.96 Å². The number of aliphatic imine (C=N–C) groups is 1. The van der Waals surface area contributed by atoms with Crippen LogP contribution in [0.1, 0.15) is 31.1 Å². The molecule has 0 saturated carbocycles. The van der Waals surface area contributed by atoms with E-state index < -0.39 is 0 Å². The van der Waals surface area contributed by atoms with E-state index in [1.807, 2.05) is 6.92 Å². The molecule has 0 atom stereocenters. The number of carbonyl (C=O) groups is 1. The summed E-state index contributed by atoms with van der Waals surface area (Å²) in [5.41, 5.74) is 0.579. The predicted molar refractivity (Wildman–Crippen MR) is 89.6 cm³/mol. The number of rotatable bonds is 7. The first-order valence-corrected chi connectivity index (χ1v) is 7.54. The molecule has 1 amide bonds. The Morgan fingerprint density at radius 1 is 1.32 bits per heavy atom. The summed E-state index contributed by atoms with van der Waals surface area (Å²) in [6.07, 6.45) is 0. The van der Waals surface area contributed by atoms with Crippen LogP contribution >= 0.6 is 0 Å². The van der Waals surface area contributed by atoms with E-state index in [4.69, 9.17) is 4.74 Å². The molecule has 1 aromatic carbocycles. The average molecular weight is 306 g/mol. The molecule has 0 aliphatic rings. The van der Waals surface area contributed by atoms with Crippen molar-refractivity contribution >= 4 is 11.9 Å². The zero-order valence-corrected chi connectivity index (χ0v) is 13.8. The van der Waals surface area contributed by atoms with E-state index in [2.05, 4.69) is 34.8 Å². The van der Waals surface area contributed by atoms with Crippen LogP contribution < -0.4 is 20.7 Å². The van der Waals surface area contributed by atoms with Crippen molar-refractivity contribution in [3.8, 4) is 5.75 Å². The second kappa shape index (κ2) is 9.65. The van der Waals surface area contributed by atoms with Crippen molar-refractivity contribution in [2.24, 2.45) is 4.99 Å². The molecule has 0 spiro atoms. The molecule has 122 valence electrons. The molecule has 0 fully saturated rings. The van der Waals surface area contributed by atoms with Gasteiger partial charge >= 0.3 is 0 Å². The van der Waals surface area contributed by atoms with Gasteiger partial charge < -0.3 is 20.7 Å². The lowest BCUT2D eigenvalue weighted by atomic mass is 10.2. The van der Waals surface area contributed by atoms with Crippen LogP contribution in [0.5, 0.6) is 5.75 Å². The van der Waals surface area contributed by atoms with Crippen LogP contribution in [-0.4, -0.2) is 44.7 Å². The van der Waals surface area contributed by atoms with Crippen molar-refractivity contribution in [1.29, 1.82) is 0 Å². The van der Waals surface area contributed by atoms with Crippen molar-refractivity contribution in [3.05, 3.63) is 29.8 Å². The van der Waals surface area contributed by atoms with Crippen LogP contribution in [-0.2, 0) is 0 Å². The Hall–Kier alpha value is -2.24. The minimum absolute atomic E-state index is 0.129. The number of hydrogen-bond donors (Lipinski definition) is 3. The number of amides is 1. The van der Waals surface area contributed by atoms with Crippen molar-refractivity contribution < 1.29 is 9.53 Å². The number of methoxy groups -OCH3 is 1. The van der Waals surface area contributed by atoms with Crippen LogP contribution in [0.3, 0.4) is 0 Å². The van der Waals surface area contributed by atoms with Crippen LogP contribution in [0.15, 0.2) is 29.3 Å². The van der Waals surface area contributed by atoms with Gasteiger partial charge in [0.05, 0.1) is 13.7 Å². The SMILES string of the molecule is CCNC(=NCCNC(=O)c1cccc(OC)c1)NC(C)C. The summed E-state index contributed by atoms with van der Waals surface area (Å²) < 4.78 is 5.11. The first kappa shape index (κ1) is 17.8. The van der Waals surface area contributed by atoms with Gasteiger partial charge in [-0.05, 0) is 39.0 Å². The van der Waals surface area contributed by atoms with Crippen molar-refractivity contribution in [3.63, 3.8) is 0 Å². The van der Waals surface area contributed by atoms with Crippen LogP contribution in [0.4, 0.5) is 0 Å². The van der Waals surface area contributed by atoms with Crippen LogP contribution in [0.25, 0.3) is 0 Å². The first-order valence-electron chi connectivity index (χ1n) is 7.54. The van der Waals surface area contributed by atoms with Gasteiger partial charge in [0.1, 0.15) is 5.75 Å². The quantitative estimate of drug-likeness (QED) is 0.404. The van der Waals surface area contributed by atoms with E-state index in [0.29, 0.717) is 30.4 Å². The van der Waals surface area contributed by atoms with E-state index in [1.165, 1.54) is 0 Å². The summed E-state index contributed by atoms with van der Waals surface area (Å²) in [7, 11) is 1.58. The highest BCUT2D eigenvalue weighted by atomic mass is 16.5. The third-order valence-corrected chi connectivity index (χ3v) is 2.77. The van der Waals surface area contributed by atoms with Gasteiger partial charge in [-0.1, -0.05) is 6.07 Å². The van der Waals surface area contributed by atoms with Gasteiger partial charge in [-0.15, -0.1) is 0 Å². The lowest BCUT2D eigenvalue weighted by Gasteiger charge is -2.14. The zero-order valence-electron chi connectivity index (χ0n) is 13.8. The molecule has 3 N–H and O–H groups in total. The number of ether oxygens (including phenoxy) is 1. The molecule has 1 rings (SSSR count). The summed E-state index contributed by atoms with van der Waals surface area (Å²) >= 11 is 0. The molecule has 6 nitrogen and oxygen atoms in total. The summed E-state index contributed by atoms with van der Waals surface area (Å²) in [6.45, 7) is 7.91. The number of benzene rings is 1. The third-order valence-electron chi connectivity index (χ3n) is 2.77. The summed E-state index contributed by atoms with van der Waals surface area (Å²) in [6, 6.07) is 7.38. The fourth-order valence-corrected chi connectivity index (χ4v) is 1.80. The van der Waals surface area contributed by atoms with Gasteiger partial charge in [-0.2, -0.15) is 0 Å². The van der Waals surface area contributed by atoms with Gasteiger partial charge in [-0.25, -0.2) is 0 Å². The highest BCUT2D eigenvalue weighted by Gasteiger charge is 2.05. The third kappa shape index (κ3) is 6.47. The molecule has 0 bridgehead atoms. The number of nitrogens with one attached hydrogen (secondary N) is 3. The van der Waals surface area contributed by atoms with Crippen LogP contribution in [0, 0.1) is 0 Å². The Labute approximate surface area is 132 Å². The van der Waals surface area contributed by atoms with Crippen molar-refractivity contribution in [2.75, 3.05) is 26.7 Å². The smallest absolute Gasteiger partial charge is 0.251 e. The predicted octanol–water partition coefficient (Wildman–Crippen LogP) is 1.39. The molecule has 0 unspecified atom stereocenters. The largest absolute Gasteiger partial charge is 0.497 e. The maximum Gasteiger partial charge on any atom is 0.251 e. The fourth-order valence-electron chi connectivity index (χ4n) is 1.80. The minimum Gasteiger partial charge on any atom is -0.497 e. The highest BCUT2D eigenvalue weighted by molar-refractivity contribution is 5.94. The second-order valence-corrected chi connectivity index (χ2v) is 5.05. The fraction of sp³-hybridized carbons (Fsp3) is 0.500. The topological polar surface area (TPSA) is 74.8 Å². The van der Waals surface area contributed by atoms with E-state index >= 15 is 0 Å². The summed E-state index contributed by atoms with van der Waals surface area (Å²) in [5.74, 6) is 1.30. The molecule has 0 radical (unpaired) electrons. The molecule has 22 heavy (non-hydrogen) atoms. The highest BCUT2D eigenvalue weighted by Crippen LogP contribution is 2.12. The Morgan fingerprint density at radius 2 is 2.09 bits per heavy atom. The maximum absolute atomic E-state index is 12.0. The van der Waals surface area contributed by atoms with Crippen molar-refractivity contribution in [1.82, 2.24) is 16.0 Å². The number of nitrogens with zero attached hydrogens (tertiary/aromatic N) is 1. The Morgan fingerprint density at radius 3 is 2.73 bits per heavy atom. The molecule has 0 aliphatic carbocycles. The zero-order chi connectivity index (χ0) is 16.4. The first-order chi connectivity index (χ1) is 10.6. The molecule has 0 aliphatic heterocycles. The van der Waals surface area contributed by atoms with Gasteiger partial charge in [0, 0.05) is 24.7 Å². The summed E-state index contributed by atoms with van der Waals surface area (Å²) in [4.78, 5) is 16.4. The molecular weight excluding hydrogens is 280 g/mol. The Kier molecular flexibility index (Phi) is 7.81. The minimum atomic E-state index is -0.129. The molecular formula is C16H26N4O2. The van der Waals surface area contributed by atoms with E-state index in [9.17, 15) is 4.79 Å². The summed E-state index contributed by atoms with van der Waals surface area (Å²) in [5, 5.41) is 9.23. The molecule has 1 aromatic rings. The van der Waals surface area contributed by atoms with Crippen LogP contribution in [0.2, 0.25) is 0 Å². The lowest BCUT2D eigenvalue weighted by Crippen LogP contribution is -2.41. The monoisotopic (exact) mass is 306 g/mol. The van der Waals surface area contributed by atoms with E-state index in [0.717, 1.165) is 12.5 Å². The number of carbonyl (C=O) groups excluding carboxylic acids is 1. The molecule has 0 aromatic heterocycles. The van der Waals surface area contributed by atoms with Gasteiger partial charge in [-0.3, -0.25) is 9.79 Å². The molecule has 0 heterocycles. The number of guanidine groups is 1. The number of hydrogen-bond acceptors (Lipinski definition) is 3. The standard InChI is InChI=1S/C16H26N4O2/c1-5-17-16(20-12(2)3)19-10-9-18-15(21)13-7-6-8-14(11-13)22-4/h6-8,11-12H,5,9-10H2,1-4H3,(H,18,21)(H2,17,19,20). The van der Waals surface area contributed by atoms with E-state index in [1.54, 1.807) is 31.4 Å². The normalized spacial score (nSPS) is 11.2. The Balaban J connectivity index is 2.46. The van der Waals surface area contributed by atoms with Gasteiger partial charge in [0.2, 0.25) is 0 Å². The molecule has 6 heteroatoms.